The lowest BCUT2D eigenvalue weighted by Gasteiger charge is -2.24. The summed E-state index contributed by atoms with van der Waals surface area (Å²) in [5.41, 5.74) is 3.35. The van der Waals surface area contributed by atoms with Crippen LogP contribution >= 0.6 is 0 Å². The minimum absolute atomic E-state index is 0.260. The predicted molar refractivity (Wildman–Crippen MR) is 67.2 cm³/mol. The molecule has 0 aromatic heterocycles. The fourth-order valence-electron chi connectivity index (χ4n) is 1.66. The van der Waals surface area contributed by atoms with Crippen LogP contribution in [0.25, 0.3) is 0 Å². The standard InChI is InChI=1S/C12H17FN4/c1-2-17(11-5-3-4-9(13)8-11)12(16-14)15-10-6-7-10/h3-5,8,10H,2,6-7,14H2,1H3,(H,15,16). The van der Waals surface area contributed by atoms with E-state index >= 15 is 0 Å². The SMILES string of the molecule is CCN(C(=NC1CC1)NN)c1cccc(F)c1. The second-order valence-electron chi connectivity index (χ2n) is 4.05. The Kier molecular flexibility index (Phi) is 3.58. The van der Waals surface area contributed by atoms with Gasteiger partial charge in [-0.3, -0.25) is 5.43 Å². The Morgan fingerprint density at radius 2 is 2.35 bits per heavy atom. The summed E-state index contributed by atoms with van der Waals surface area (Å²) in [6.07, 6.45) is 2.21. The van der Waals surface area contributed by atoms with Crippen molar-refractivity contribution in [1.29, 1.82) is 0 Å². The third kappa shape index (κ3) is 2.94. The lowest BCUT2D eigenvalue weighted by atomic mass is 10.3. The predicted octanol–water partition coefficient (Wildman–Crippen LogP) is 1.63. The number of benzene rings is 1. The zero-order valence-electron chi connectivity index (χ0n) is 9.86. The normalized spacial score (nSPS) is 15.8. The average Bonchev–Trinajstić information content (AvgIpc) is 3.13. The second-order valence-corrected chi connectivity index (χ2v) is 4.05. The number of anilines is 1. The number of guanidine groups is 1. The molecule has 92 valence electrons. The molecule has 3 N–H and O–H groups in total. The number of hydrazine groups is 1. The first kappa shape index (κ1) is 11.9. The van der Waals surface area contributed by atoms with Crippen LogP contribution in [0.4, 0.5) is 10.1 Å². The highest BCUT2D eigenvalue weighted by Gasteiger charge is 2.23. The summed E-state index contributed by atoms with van der Waals surface area (Å²) in [5, 5.41) is 0. The number of hydrogen-bond donors (Lipinski definition) is 2. The highest BCUT2D eigenvalue weighted by atomic mass is 19.1. The van der Waals surface area contributed by atoms with Crippen molar-refractivity contribution < 1.29 is 4.39 Å². The van der Waals surface area contributed by atoms with E-state index in [9.17, 15) is 4.39 Å². The van der Waals surface area contributed by atoms with E-state index in [0.717, 1.165) is 18.5 Å². The molecule has 0 atom stereocenters. The number of nitrogens with one attached hydrogen (secondary N) is 1. The first-order chi connectivity index (χ1) is 8.24. The Morgan fingerprint density at radius 3 is 2.88 bits per heavy atom. The molecule has 0 aliphatic heterocycles. The number of hydrogen-bond acceptors (Lipinski definition) is 2. The van der Waals surface area contributed by atoms with Crippen LogP contribution in [0.15, 0.2) is 29.3 Å². The molecule has 0 radical (unpaired) electrons. The average molecular weight is 236 g/mol. The van der Waals surface area contributed by atoms with Gasteiger partial charge in [-0.15, -0.1) is 0 Å². The summed E-state index contributed by atoms with van der Waals surface area (Å²) < 4.78 is 13.2. The van der Waals surface area contributed by atoms with E-state index in [1.807, 2.05) is 17.9 Å². The third-order valence-electron chi connectivity index (χ3n) is 2.67. The molecule has 4 nitrogen and oxygen atoms in total. The summed E-state index contributed by atoms with van der Waals surface area (Å²) in [7, 11) is 0. The molecule has 1 aromatic carbocycles. The smallest absolute Gasteiger partial charge is 0.213 e. The highest BCUT2D eigenvalue weighted by molar-refractivity contribution is 5.95. The Balaban J connectivity index is 2.24. The van der Waals surface area contributed by atoms with Gasteiger partial charge >= 0.3 is 0 Å². The maximum atomic E-state index is 13.2. The van der Waals surface area contributed by atoms with Gasteiger partial charge in [0.2, 0.25) is 5.96 Å². The molecule has 0 heterocycles. The summed E-state index contributed by atoms with van der Waals surface area (Å²) >= 11 is 0. The molecule has 1 aliphatic carbocycles. The molecular weight excluding hydrogens is 219 g/mol. The third-order valence-corrected chi connectivity index (χ3v) is 2.67. The fourth-order valence-corrected chi connectivity index (χ4v) is 1.66. The number of nitrogens with zero attached hydrogens (tertiary/aromatic N) is 2. The lowest BCUT2D eigenvalue weighted by molar-refractivity contribution is 0.627. The Morgan fingerprint density at radius 1 is 1.59 bits per heavy atom. The van der Waals surface area contributed by atoms with Crippen molar-refractivity contribution in [1.82, 2.24) is 5.43 Å². The lowest BCUT2D eigenvalue weighted by Crippen LogP contribution is -2.45. The van der Waals surface area contributed by atoms with Crippen molar-refractivity contribution >= 4 is 11.6 Å². The second kappa shape index (κ2) is 5.14. The van der Waals surface area contributed by atoms with Gasteiger partial charge in [0.1, 0.15) is 5.82 Å². The summed E-state index contributed by atoms with van der Waals surface area (Å²) in [6.45, 7) is 2.66. The monoisotopic (exact) mass is 236 g/mol. The molecule has 2 rings (SSSR count). The van der Waals surface area contributed by atoms with Gasteiger partial charge in [-0.2, -0.15) is 0 Å². The summed E-state index contributed by atoms with van der Waals surface area (Å²) in [5.74, 6) is 5.82. The molecule has 1 fully saturated rings. The van der Waals surface area contributed by atoms with Crippen LogP contribution in [0.3, 0.4) is 0 Å². The molecule has 1 aliphatic rings. The van der Waals surface area contributed by atoms with Gasteiger partial charge in [-0.05, 0) is 38.0 Å². The van der Waals surface area contributed by atoms with E-state index < -0.39 is 0 Å². The number of aliphatic imine (C=N–C) groups is 1. The van der Waals surface area contributed by atoms with Crippen LogP contribution in [-0.4, -0.2) is 18.5 Å². The highest BCUT2D eigenvalue weighted by Crippen LogP contribution is 2.24. The quantitative estimate of drug-likeness (QED) is 0.363. The molecule has 1 aromatic rings. The zero-order chi connectivity index (χ0) is 12.3. The Labute approximate surface area is 100 Å². The van der Waals surface area contributed by atoms with Crippen LogP contribution in [0.5, 0.6) is 0 Å². The van der Waals surface area contributed by atoms with Gasteiger partial charge in [0.25, 0.3) is 0 Å². The van der Waals surface area contributed by atoms with Crippen molar-refractivity contribution in [3.05, 3.63) is 30.1 Å². The van der Waals surface area contributed by atoms with E-state index in [2.05, 4.69) is 10.4 Å². The molecule has 1 saturated carbocycles. The van der Waals surface area contributed by atoms with Crippen LogP contribution in [-0.2, 0) is 0 Å². The van der Waals surface area contributed by atoms with Gasteiger partial charge in [-0.25, -0.2) is 15.2 Å². The minimum atomic E-state index is -0.260. The van der Waals surface area contributed by atoms with E-state index in [0.29, 0.717) is 18.5 Å². The van der Waals surface area contributed by atoms with Crippen LogP contribution in [0, 0.1) is 5.82 Å². The van der Waals surface area contributed by atoms with Crippen molar-refractivity contribution in [3.63, 3.8) is 0 Å². The molecule has 0 saturated heterocycles. The molecule has 5 heteroatoms. The molecule has 0 spiro atoms. The van der Waals surface area contributed by atoms with Crippen LogP contribution < -0.4 is 16.2 Å². The zero-order valence-corrected chi connectivity index (χ0v) is 9.86. The topological polar surface area (TPSA) is 53.6 Å². The molecule has 0 amide bonds. The Hall–Kier alpha value is -1.62. The van der Waals surface area contributed by atoms with E-state index in [4.69, 9.17) is 5.84 Å². The number of nitrogens with two attached hydrogens (primary N) is 1. The molecule has 0 unspecified atom stereocenters. The van der Waals surface area contributed by atoms with Crippen molar-refractivity contribution in [2.45, 2.75) is 25.8 Å². The van der Waals surface area contributed by atoms with Gasteiger partial charge in [0.15, 0.2) is 0 Å². The molecule has 0 bridgehead atoms. The van der Waals surface area contributed by atoms with E-state index in [1.54, 1.807) is 6.07 Å². The first-order valence-corrected chi connectivity index (χ1v) is 5.82. The summed E-state index contributed by atoms with van der Waals surface area (Å²) in [6, 6.07) is 6.78. The maximum Gasteiger partial charge on any atom is 0.213 e. The Bertz CT molecular complexity index is 415. The van der Waals surface area contributed by atoms with Crippen LogP contribution in [0.2, 0.25) is 0 Å². The molecular formula is C12H17FN4. The van der Waals surface area contributed by atoms with Gasteiger partial charge in [0.05, 0.1) is 6.04 Å². The van der Waals surface area contributed by atoms with Crippen molar-refractivity contribution in [2.24, 2.45) is 10.8 Å². The van der Waals surface area contributed by atoms with Gasteiger partial charge < -0.3 is 4.90 Å². The maximum absolute atomic E-state index is 13.2. The van der Waals surface area contributed by atoms with E-state index in [1.165, 1.54) is 12.1 Å². The molecule has 17 heavy (non-hydrogen) atoms. The van der Waals surface area contributed by atoms with Gasteiger partial charge in [-0.1, -0.05) is 6.07 Å². The number of halogens is 1. The van der Waals surface area contributed by atoms with Crippen molar-refractivity contribution in [2.75, 3.05) is 11.4 Å². The van der Waals surface area contributed by atoms with Gasteiger partial charge in [0, 0.05) is 12.2 Å². The van der Waals surface area contributed by atoms with E-state index in [-0.39, 0.29) is 5.82 Å². The minimum Gasteiger partial charge on any atom is -0.312 e. The van der Waals surface area contributed by atoms with Crippen molar-refractivity contribution in [3.8, 4) is 0 Å². The van der Waals surface area contributed by atoms with Crippen LogP contribution in [0.1, 0.15) is 19.8 Å². The first-order valence-electron chi connectivity index (χ1n) is 5.82. The largest absolute Gasteiger partial charge is 0.312 e. The number of rotatable bonds is 3. The summed E-state index contributed by atoms with van der Waals surface area (Å²) in [4.78, 5) is 6.33. The fraction of sp³-hybridized carbons (Fsp3) is 0.417.